The zero-order valence-electron chi connectivity index (χ0n) is 21.6. The summed E-state index contributed by atoms with van der Waals surface area (Å²) in [7, 11) is 0. The maximum atomic E-state index is 13.3. The summed E-state index contributed by atoms with van der Waals surface area (Å²) < 4.78 is 18.5. The summed E-state index contributed by atoms with van der Waals surface area (Å²) in [6, 6.07) is 5.78. The van der Waals surface area contributed by atoms with Crippen molar-refractivity contribution in [2.45, 2.75) is 97.2 Å². The molecule has 0 aromatic heterocycles. The summed E-state index contributed by atoms with van der Waals surface area (Å²) in [6.07, 6.45) is 1.83. The molecule has 34 heavy (non-hydrogen) atoms. The van der Waals surface area contributed by atoms with E-state index in [-0.39, 0.29) is 35.6 Å². The Kier molecular flexibility index (Phi) is 6.62. The Balaban J connectivity index is 1.45. The Morgan fingerprint density at radius 3 is 2.71 bits per heavy atom. The number of likely N-dealkylation sites (tertiary alicyclic amines) is 1. The number of alkyl carbamates (subject to hydrolysis) is 1. The normalized spacial score (nSPS) is 28.5. The molecule has 0 aliphatic carbocycles. The molecule has 1 N–H and O–H groups in total. The molecular formula is C27H40N2O5. The maximum Gasteiger partial charge on any atom is 0.408 e. The minimum atomic E-state index is -0.605. The van der Waals surface area contributed by atoms with Crippen LogP contribution in [0, 0.1) is 18.8 Å². The van der Waals surface area contributed by atoms with E-state index in [0.29, 0.717) is 19.5 Å². The fraction of sp³-hybridized carbons (Fsp3) is 0.704. The van der Waals surface area contributed by atoms with Crippen LogP contribution in [0.5, 0.6) is 5.75 Å². The van der Waals surface area contributed by atoms with Crippen molar-refractivity contribution in [3.63, 3.8) is 0 Å². The lowest BCUT2D eigenvalue weighted by atomic mass is 9.70. The smallest absolute Gasteiger partial charge is 0.408 e. The quantitative estimate of drug-likeness (QED) is 0.686. The van der Waals surface area contributed by atoms with Gasteiger partial charge in [0.1, 0.15) is 23.0 Å². The zero-order valence-corrected chi connectivity index (χ0v) is 21.6. The number of carbonyl (C=O) groups is 2. The van der Waals surface area contributed by atoms with E-state index in [1.807, 2.05) is 32.6 Å². The molecule has 0 radical (unpaired) electrons. The number of aryl methyl sites for hydroxylation is 1. The second-order valence-electron chi connectivity index (χ2n) is 11.6. The molecular weight excluding hydrogens is 432 g/mol. The van der Waals surface area contributed by atoms with Crippen molar-refractivity contribution >= 4 is 12.0 Å². The standard InChI is InChI=1S/C27H40N2O5/c1-8-20(28-25(31)34-26(3,4)5)24(30)29-12-11-21-17(15-29)14-19-23(32-21)18-10-9-16(2)13-22(18)33-27(19,6)7/h9-10,13,17,19-21,23H,8,11-12,14-15H2,1-7H3,(H,28,31)/t17-,19+,20-,21+,23-/m0/s1. The van der Waals surface area contributed by atoms with E-state index in [1.165, 1.54) is 5.56 Å². The topological polar surface area (TPSA) is 77.1 Å². The van der Waals surface area contributed by atoms with Gasteiger partial charge in [-0.05, 0) is 72.4 Å². The van der Waals surface area contributed by atoms with Gasteiger partial charge >= 0.3 is 6.09 Å². The Hall–Kier alpha value is -2.28. The average molecular weight is 473 g/mol. The number of nitrogens with one attached hydrogen (secondary N) is 1. The minimum Gasteiger partial charge on any atom is -0.487 e. The SMILES string of the molecule is CC[C@H](NC(=O)OC(C)(C)C)C(=O)N1CC[C@H]2O[C@H]3c4ccc(C)cc4OC(C)(C)[C@@H]3C[C@H]2C1. The van der Waals surface area contributed by atoms with Gasteiger partial charge in [-0.25, -0.2) is 4.79 Å². The molecule has 2 amide bonds. The Labute approximate surface area is 203 Å². The van der Waals surface area contributed by atoms with E-state index in [9.17, 15) is 9.59 Å². The van der Waals surface area contributed by atoms with Crippen LogP contribution in [-0.4, -0.2) is 53.3 Å². The van der Waals surface area contributed by atoms with Gasteiger partial charge in [-0.2, -0.15) is 0 Å². The van der Waals surface area contributed by atoms with Crippen molar-refractivity contribution in [2.75, 3.05) is 13.1 Å². The lowest BCUT2D eigenvalue weighted by Gasteiger charge is -2.53. The molecule has 0 bridgehead atoms. The van der Waals surface area contributed by atoms with Gasteiger partial charge in [0, 0.05) is 30.5 Å². The van der Waals surface area contributed by atoms with Crippen LogP contribution < -0.4 is 10.1 Å². The van der Waals surface area contributed by atoms with Crippen LogP contribution in [0.2, 0.25) is 0 Å². The lowest BCUT2D eigenvalue weighted by molar-refractivity contribution is -0.189. The van der Waals surface area contributed by atoms with Crippen molar-refractivity contribution in [2.24, 2.45) is 11.8 Å². The number of hydrogen-bond acceptors (Lipinski definition) is 5. The van der Waals surface area contributed by atoms with Crippen molar-refractivity contribution in [3.05, 3.63) is 29.3 Å². The highest BCUT2D eigenvalue weighted by molar-refractivity contribution is 5.85. The number of carbonyl (C=O) groups excluding carboxylic acids is 2. The molecule has 0 saturated carbocycles. The summed E-state index contributed by atoms with van der Waals surface area (Å²) >= 11 is 0. The monoisotopic (exact) mass is 472 g/mol. The largest absolute Gasteiger partial charge is 0.487 e. The first-order chi connectivity index (χ1) is 15.9. The number of hydrogen-bond donors (Lipinski definition) is 1. The summed E-state index contributed by atoms with van der Waals surface area (Å²) in [5.41, 5.74) is 1.36. The minimum absolute atomic E-state index is 0.0140. The molecule has 7 nitrogen and oxygen atoms in total. The van der Waals surface area contributed by atoms with Crippen molar-refractivity contribution in [3.8, 4) is 5.75 Å². The third-order valence-electron chi connectivity index (χ3n) is 7.36. The van der Waals surface area contributed by atoms with E-state index >= 15 is 0 Å². The van der Waals surface area contributed by atoms with Gasteiger partial charge in [-0.3, -0.25) is 4.79 Å². The molecule has 2 fully saturated rings. The van der Waals surface area contributed by atoms with Crippen LogP contribution in [0.15, 0.2) is 18.2 Å². The van der Waals surface area contributed by atoms with Crippen molar-refractivity contribution < 1.29 is 23.8 Å². The predicted octanol–water partition coefficient (Wildman–Crippen LogP) is 4.76. The summed E-state index contributed by atoms with van der Waals surface area (Å²) in [5.74, 6) is 1.33. The van der Waals surface area contributed by atoms with Crippen LogP contribution in [0.4, 0.5) is 4.79 Å². The van der Waals surface area contributed by atoms with Crippen LogP contribution >= 0.6 is 0 Å². The first-order valence-corrected chi connectivity index (χ1v) is 12.6. The molecule has 3 aliphatic heterocycles. The summed E-state index contributed by atoms with van der Waals surface area (Å²) in [4.78, 5) is 27.4. The predicted molar refractivity (Wildman–Crippen MR) is 130 cm³/mol. The lowest BCUT2D eigenvalue weighted by Crippen LogP contribution is -2.58. The molecule has 188 valence electrons. The first-order valence-electron chi connectivity index (χ1n) is 12.6. The van der Waals surface area contributed by atoms with E-state index in [1.54, 1.807) is 0 Å². The Bertz CT molecular complexity index is 937. The number of nitrogens with zero attached hydrogens (tertiary/aromatic N) is 1. The molecule has 3 heterocycles. The number of amides is 2. The van der Waals surface area contributed by atoms with Gasteiger partial charge in [-0.15, -0.1) is 0 Å². The number of rotatable bonds is 3. The van der Waals surface area contributed by atoms with Crippen LogP contribution in [0.3, 0.4) is 0 Å². The van der Waals surface area contributed by atoms with Crippen LogP contribution in [-0.2, 0) is 14.3 Å². The number of benzene rings is 1. The van der Waals surface area contributed by atoms with Gasteiger partial charge in [0.25, 0.3) is 0 Å². The third-order valence-corrected chi connectivity index (χ3v) is 7.36. The van der Waals surface area contributed by atoms with Crippen molar-refractivity contribution in [1.82, 2.24) is 10.2 Å². The molecule has 7 heteroatoms. The highest BCUT2D eigenvalue weighted by Gasteiger charge is 2.51. The molecule has 0 spiro atoms. The fourth-order valence-electron chi connectivity index (χ4n) is 5.62. The number of fused-ring (bicyclic) bond motifs is 4. The van der Waals surface area contributed by atoms with Gasteiger partial charge in [0.2, 0.25) is 5.91 Å². The van der Waals surface area contributed by atoms with E-state index in [0.717, 1.165) is 24.2 Å². The van der Waals surface area contributed by atoms with Crippen molar-refractivity contribution in [1.29, 1.82) is 0 Å². The molecule has 3 aliphatic rings. The molecule has 2 saturated heterocycles. The Morgan fingerprint density at radius 1 is 1.29 bits per heavy atom. The van der Waals surface area contributed by atoms with Gasteiger partial charge in [-0.1, -0.05) is 19.1 Å². The molecule has 5 atom stereocenters. The average Bonchev–Trinajstić information content (AvgIpc) is 2.74. The molecule has 4 rings (SSSR count). The van der Waals surface area contributed by atoms with E-state index < -0.39 is 17.7 Å². The highest BCUT2D eigenvalue weighted by atomic mass is 16.6. The zero-order chi connectivity index (χ0) is 24.8. The van der Waals surface area contributed by atoms with E-state index in [2.05, 4.69) is 44.3 Å². The molecule has 1 aromatic carbocycles. The van der Waals surface area contributed by atoms with E-state index in [4.69, 9.17) is 14.2 Å². The summed E-state index contributed by atoms with van der Waals surface area (Å²) in [6.45, 7) is 15.0. The Morgan fingerprint density at radius 2 is 2.03 bits per heavy atom. The molecule has 1 aromatic rings. The second kappa shape index (κ2) is 9.06. The summed E-state index contributed by atoms with van der Waals surface area (Å²) in [5, 5.41) is 2.76. The number of piperidine rings is 1. The molecule has 0 unspecified atom stereocenters. The van der Waals surface area contributed by atoms with Gasteiger partial charge < -0.3 is 24.4 Å². The first kappa shape index (κ1) is 24.8. The van der Waals surface area contributed by atoms with Gasteiger partial charge in [0.05, 0.1) is 12.2 Å². The van der Waals surface area contributed by atoms with Crippen LogP contribution in [0.1, 0.15) is 78.0 Å². The third kappa shape index (κ3) is 5.04. The van der Waals surface area contributed by atoms with Crippen LogP contribution in [0.25, 0.3) is 0 Å². The van der Waals surface area contributed by atoms with Gasteiger partial charge in [0.15, 0.2) is 0 Å². The highest BCUT2D eigenvalue weighted by Crippen LogP contribution is 2.53. The number of ether oxygens (including phenoxy) is 3. The fourth-order valence-corrected chi connectivity index (χ4v) is 5.62. The second-order valence-corrected chi connectivity index (χ2v) is 11.6. The maximum absolute atomic E-state index is 13.3.